The number of carbonyl (C=O) groups excluding carboxylic acids is 2. The smallest absolute Gasteiger partial charge is 0.254 e. The first-order chi connectivity index (χ1) is 21.7. The molecule has 8 nitrogen and oxygen atoms in total. The van der Waals surface area contributed by atoms with Crippen molar-refractivity contribution >= 4 is 80.4 Å². The van der Waals surface area contributed by atoms with Gasteiger partial charge in [0.25, 0.3) is 5.91 Å². The first-order valence-electron chi connectivity index (χ1n) is 14.7. The van der Waals surface area contributed by atoms with E-state index in [0.717, 1.165) is 33.2 Å². The van der Waals surface area contributed by atoms with Crippen molar-refractivity contribution in [2.45, 2.75) is 44.4 Å². The molecular formula is C33H31Cl3N6O2S. The summed E-state index contributed by atoms with van der Waals surface area (Å²) in [5, 5.41) is 12.1. The second-order valence-corrected chi connectivity index (χ2v) is 13.7. The monoisotopic (exact) mass is 680 g/mol. The largest absolute Gasteiger partial charge is 0.339 e. The number of thioether (sulfide) groups is 1. The lowest BCUT2D eigenvalue weighted by Crippen LogP contribution is -2.55. The standard InChI is InChI=1S/C33H31Cl3N6O2S/c1-20-8-9-28-27(13-20)30-31(42(28)19-22-5-3-6-24(34)14-22)37-33(39-38-30)45-12-4-7-29(43)40-10-11-41(21(2)18-40)32(44)23-15-25(35)17-26(36)16-23/h3,5-6,8-9,13-17,21H,4,7,10-12,18-19H2,1-2H3. The maximum atomic E-state index is 13.1. The third-order valence-corrected chi connectivity index (χ3v) is 9.54. The van der Waals surface area contributed by atoms with Gasteiger partial charge in [-0.15, -0.1) is 10.2 Å². The summed E-state index contributed by atoms with van der Waals surface area (Å²) in [7, 11) is 0. The van der Waals surface area contributed by atoms with Gasteiger partial charge in [-0.2, -0.15) is 0 Å². The van der Waals surface area contributed by atoms with E-state index in [1.54, 1.807) is 23.1 Å². The van der Waals surface area contributed by atoms with Crippen LogP contribution in [0, 0.1) is 6.92 Å². The maximum Gasteiger partial charge on any atom is 0.254 e. The van der Waals surface area contributed by atoms with Crippen LogP contribution in [0.1, 0.15) is 41.3 Å². The van der Waals surface area contributed by atoms with Crippen LogP contribution in [-0.2, 0) is 11.3 Å². The number of fused-ring (bicyclic) bond motifs is 3. The number of carbonyl (C=O) groups is 2. The van der Waals surface area contributed by atoms with Crippen LogP contribution in [0.5, 0.6) is 0 Å². The second kappa shape index (κ2) is 13.5. The SMILES string of the molecule is Cc1ccc2c(c1)c1nnc(SCCCC(=O)N3CCN(C(=O)c4cc(Cl)cc(Cl)c4)C(C)C3)nc1n2Cc1cccc(Cl)c1. The van der Waals surface area contributed by atoms with Crippen molar-refractivity contribution in [2.75, 3.05) is 25.4 Å². The Labute approximate surface area is 280 Å². The third kappa shape index (κ3) is 7.07. The highest BCUT2D eigenvalue weighted by atomic mass is 35.5. The Morgan fingerprint density at radius 1 is 0.956 bits per heavy atom. The highest BCUT2D eigenvalue weighted by Crippen LogP contribution is 2.30. The number of halogens is 3. The molecule has 0 saturated carbocycles. The van der Waals surface area contributed by atoms with Crippen molar-refractivity contribution in [2.24, 2.45) is 0 Å². The van der Waals surface area contributed by atoms with Gasteiger partial charge in [0.1, 0.15) is 5.52 Å². The van der Waals surface area contributed by atoms with Crippen molar-refractivity contribution in [1.29, 1.82) is 0 Å². The minimum Gasteiger partial charge on any atom is -0.339 e. The molecule has 1 atom stereocenters. The van der Waals surface area contributed by atoms with Crippen LogP contribution in [0.2, 0.25) is 15.1 Å². The molecule has 6 rings (SSSR count). The normalized spacial score (nSPS) is 15.3. The molecule has 0 aliphatic carbocycles. The van der Waals surface area contributed by atoms with Gasteiger partial charge in [-0.1, -0.05) is 70.3 Å². The predicted octanol–water partition coefficient (Wildman–Crippen LogP) is 7.54. The highest BCUT2D eigenvalue weighted by molar-refractivity contribution is 7.99. The first kappa shape index (κ1) is 31.6. The van der Waals surface area contributed by atoms with Crippen LogP contribution < -0.4 is 0 Å². The molecule has 2 amide bonds. The number of hydrogen-bond donors (Lipinski definition) is 0. The van der Waals surface area contributed by atoms with Crippen LogP contribution in [0.25, 0.3) is 22.1 Å². The van der Waals surface area contributed by atoms with Gasteiger partial charge in [0.05, 0.1) is 5.52 Å². The Kier molecular flexibility index (Phi) is 9.52. The van der Waals surface area contributed by atoms with Crippen molar-refractivity contribution in [3.05, 3.63) is 92.4 Å². The van der Waals surface area contributed by atoms with Gasteiger partial charge < -0.3 is 14.4 Å². The van der Waals surface area contributed by atoms with Crippen LogP contribution in [0.4, 0.5) is 0 Å². The predicted molar refractivity (Wildman–Crippen MR) is 182 cm³/mol. The summed E-state index contributed by atoms with van der Waals surface area (Å²) in [4.78, 5) is 34.7. The summed E-state index contributed by atoms with van der Waals surface area (Å²) in [5.41, 5.74) is 5.24. The van der Waals surface area contributed by atoms with E-state index < -0.39 is 0 Å². The lowest BCUT2D eigenvalue weighted by atomic mass is 10.1. The zero-order valence-electron chi connectivity index (χ0n) is 24.8. The summed E-state index contributed by atoms with van der Waals surface area (Å²) in [5.74, 6) is 0.616. The van der Waals surface area contributed by atoms with Crippen LogP contribution in [0.3, 0.4) is 0 Å². The van der Waals surface area contributed by atoms with Crippen LogP contribution >= 0.6 is 46.6 Å². The van der Waals surface area contributed by atoms with E-state index in [-0.39, 0.29) is 17.9 Å². The van der Waals surface area contributed by atoms with Gasteiger partial charge in [0.15, 0.2) is 5.65 Å². The number of rotatable bonds is 8. The molecule has 5 aromatic rings. The quantitative estimate of drug-likeness (QED) is 0.124. The molecule has 2 aromatic heterocycles. The molecule has 232 valence electrons. The number of amides is 2. The summed E-state index contributed by atoms with van der Waals surface area (Å²) in [6.45, 7) is 6.03. The first-order valence-corrected chi connectivity index (χ1v) is 16.8. The molecule has 1 unspecified atom stereocenters. The average Bonchev–Trinajstić information content (AvgIpc) is 3.30. The number of nitrogens with zero attached hydrogens (tertiary/aromatic N) is 6. The molecule has 12 heteroatoms. The highest BCUT2D eigenvalue weighted by Gasteiger charge is 2.30. The number of benzene rings is 3. The van der Waals surface area contributed by atoms with Crippen molar-refractivity contribution in [3.63, 3.8) is 0 Å². The fourth-order valence-electron chi connectivity index (χ4n) is 5.77. The van der Waals surface area contributed by atoms with E-state index in [1.165, 1.54) is 11.8 Å². The van der Waals surface area contributed by atoms with Crippen molar-refractivity contribution in [3.8, 4) is 0 Å². The van der Waals surface area contributed by atoms with E-state index in [2.05, 4.69) is 39.9 Å². The molecular weight excluding hydrogens is 651 g/mol. The Hall–Kier alpha value is -3.37. The van der Waals surface area contributed by atoms with Gasteiger partial charge >= 0.3 is 0 Å². The minimum absolute atomic E-state index is 0.0758. The van der Waals surface area contributed by atoms with Gasteiger partial charge in [-0.05, 0) is 68.3 Å². The lowest BCUT2D eigenvalue weighted by molar-refractivity contribution is -0.133. The fourth-order valence-corrected chi connectivity index (χ4v) is 7.23. The van der Waals surface area contributed by atoms with Gasteiger partial charge in [-0.3, -0.25) is 9.59 Å². The molecule has 45 heavy (non-hydrogen) atoms. The van der Waals surface area contributed by atoms with Crippen LogP contribution in [-0.4, -0.2) is 72.8 Å². The molecule has 1 aliphatic heterocycles. The molecule has 0 N–H and O–H groups in total. The molecule has 0 bridgehead atoms. The van der Waals surface area contributed by atoms with Gasteiger partial charge in [0, 0.05) is 70.4 Å². The number of aromatic nitrogens is 4. The molecule has 1 aliphatic rings. The van der Waals surface area contributed by atoms with Crippen molar-refractivity contribution in [1.82, 2.24) is 29.5 Å². The molecule has 3 heterocycles. The fraction of sp³-hybridized carbons (Fsp3) is 0.303. The molecule has 0 spiro atoms. The summed E-state index contributed by atoms with van der Waals surface area (Å²) < 4.78 is 2.16. The maximum absolute atomic E-state index is 13.1. The zero-order valence-corrected chi connectivity index (χ0v) is 27.9. The van der Waals surface area contributed by atoms with E-state index >= 15 is 0 Å². The molecule has 1 saturated heterocycles. The molecule has 0 radical (unpaired) electrons. The van der Waals surface area contributed by atoms with Gasteiger partial charge in [0.2, 0.25) is 11.1 Å². The number of aryl methyl sites for hydroxylation is 1. The summed E-state index contributed by atoms with van der Waals surface area (Å²) in [6.07, 6.45) is 1.08. The van der Waals surface area contributed by atoms with Gasteiger partial charge in [-0.25, -0.2) is 4.98 Å². The third-order valence-electron chi connectivity index (χ3n) is 7.95. The Morgan fingerprint density at radius 2 is 1.76 bits per heavy atom. The topological polar surface area (TPSA) is 84.2 Å². The lowest BCUT2D eigenvalue weighted by Gasteiger charge is -2.40. The van der Waals surface area contributed by atoms with E-state index in [4.69, 9.17) is 39.8 Å². The van der Waals surface area contributed by atoms with Crippen LogP contribution in [0.15, 0.2) is 65.8 Å². The zero-order chi connectivity index (χ0) is 31.7. The van der Waals surface area contributed by atoms with E-state index in [9.17, 15) is 9.59 Å². The minimum atomic E-state index is -0.136. The second-order valence-electron chi connectivity index (χ2n) is 11.3. The summed E-state index contributed by atoms with van der Waals surface area (Å²) in [6, 6.07) is 18.8. The Balaban J connectivity index is 1.07. The number of hydrogen-bond acceptors (Lipinski definition) is 6. The Bertz CT molecular complexity index is 1890. The average molecular weight is 682 g/mol. The van der Waals surface area contributed by atoms with E-state index in [1.807, 2.05) is 36.1 Å². The van der Waals surface area contributed by atoms with Crippen molar-refractivity contribution < 1.29 is 9.59 Å². The summed E-state index contributed by atoms with van der Waals surface area (Å²) >= 11 is 20.0. The number of piperazine rings is 1. The molecule has 1 fully saturated rings. The van der Waals surface area contributed by atoms with E-state index in [0.29, 0.717) is 70.6 Å². The Morgan fingerprint density at radius 3 is 2.51 bits per heavy atom. The molecule has 3 aromatic carbocycles.